The zero-order chi connectivity index (χ0) is 15.7. The number of carbonyl (C=O) groups is 1. The van der Waals surface area contributed by atoms with Gasteiger partial charge in [-0.05, 0) is 17.5 Å². The fourth-order valence-electron chi connectivity index (χ4n) is 2.76. The molecule has 6 heteroatoms. The van der Waals surface area contributed by atoms with Gasteiger partial charge in [0.05, 0.1) is 12.6 Å². The minimum atomic E-state index is -0.343. The summed E-state index contributed by atoms with van der Waals surface area (Å²) in [7, 11) is 0. The van der Waals surface area contributed by atoms with Gasteiger partial charge in [0.25, 0.3) is 0 Å². The summed E-state index contributed by atoms with van der Waals surface area (Å²) in [6, 6.07) is 7.77. The Hall–Kier alpha value is -2.21. The van der Waals surface area contributed by atoms with Gasteiger partial charge >= 0.3 is 0 Å². The van der Waals surface area contributed by atoms with E-state index in [2.05, 4.69) is 16.2 Å². The van der Waals surface area contributed by atoms with Crippen molar-refractivity contribution in [1.29, 1.82) is 0 Å². The smallest absolute Gasteiger partial charge is 0.240 e. The van der Waals surface area contributed by atoms with Gasteiger partial charge in [-0.1, -0.05) is 43.3 Å². The first kappa shape index (κ1) is 14.7. The van der Waals surface area contributed by atoms with Crippen molar-refractivity contribution in [1.82, 2.24) is 15.0 Å². The third-order valence-corrected chi connectivity index (χ3v) is 4.01. The molecule has 0 fully saturated rings. The van der Waals surface area contributed by atoms with E-state index in [0.717, 1.165) is 0 Å². The number of rotatable bonds is 4. The van der Waals surface area contributed by atoms with Crippen molar-refractivity contribution in [2.24, 2.45) is 5.73 Å². The van der Waals surface area contributed by atoms with Gasteiger partial charge in [0, 0.05) is 12.5 Å². The van der Waals surface area contributed by atoms with Gasteiger partial charge in [-0.3, -0.25) is 9.69 Å². The highest BCUT2D eigenvalue weighted by atomic mass is 16.5. The summed E-state index contributed by atoms with van der Waals surface area (Å²) in [6.07, 6.45) is 0.622. The van der Waals surface area contributed by atoms with Gasteiger partial charge in [-0.25, -0.2) is 0 Å². The lowest BCUT2D eigenvalue weighted by molar-refractivity contribution is -0.124. The summed E-state index contributed by atoms with van der Waals surface area (Å²) in [5, 5.41) is 3.97. The summed E-state index contributed by atoms with van der Waals surface area (Å²) in [4.78, 5) is 18.2. The molecule has 1 aromatic carbocycles. The molecule has 0 radical (unpaired) electrons. The fraction of sp³-hybridized carbons (Fsp3) is 0.438. The van der Waals surface area contributed by atoms with Crippen LogP contribution in [-0.2, 0) is 24.3 Å². The van der Waals surface area contributed by atoms with Crippen LogP contribution >= 0.6 is 0 Å². The lowest BCUT2D eigenvalue weighted by Crippen LogP contribution is -2.48. The lowest BCUT2D eigenvalue weighted by Gasteiger charge is -2.33. The molecular formula is C16H20N4O2. The quantitative estimate of drug-likeness (QED) is 0.927. The predicted molar refractivity (Wildman–Crippen MR) is 80.8 cm³/mol. The summed E-state index contributed by atoms with van der Waals surface area (Å²) in [5.74, 6) is 1.10. The second kappa shape index (κ2) is 5.88. The minimum Gasteiger partial charge on any atom is -0.368 e. The zero-order valence-electron chi connectivity index (χ0n) is 12.8. The zero-order valence-corrected chi connectivity index (χ0v) is 12.8. The Bertz CT molecular complexity index is 680. The van der Waals surface area contributed by atoms with Crippen molar-refractivity contribution in [2.45, 2.75) is 45.3 Å². The van der Waals surface area contributed by atoms with Crippen molar-refractivity contribution in [3.05, 3.63) is 47.1 Å². The number of amides is 1. The molecular weight excluding hydrogens is 280 g/mol. The summed E-state index contributed by atoms with van der Waals surface area (Å²) < 4.78 is 5.29. The first-order chi connectivity index (χ1) is 10.5. The Morgan fingerprint density at radius 3 is 2.77 bits per heavy atom. The van der Waals surface area contributed by atoms with Crippen LogP contribution in [-0.4, -0.2) is 27.0 Å². The summed E-state index contributed by atoms with van der Waals surface area (Å²) in [6.45, 7) is 5.11. The first-order valence-corrected chi connectivity index (χ1v) is 7.47. The second-order valence-electron chi connectivity index (χ2n) is 6.00. The standard InChI is InChI=1S/C16H20N4O2/c1-10(2)16-18-14(22-19-16)9-20-8-12-6-4-3-5-11(12)7-13(20)15(17)21/h3-6,10,13H,7-9H2,1-2H3,(H2,17,21)/t13-/m1/s1. The van der Waals surface area contributed by atoms with Crippen LogP contribution in [0, 0.1) is 0 Å². The van der Waals surface area contributed by atoms with Crippen LogP contribution in [0.2, 0.25) is 0 Å². The number of hydrogen-bond acceptors (Lipinski definition) is 5. The Morgan fingerprint density at radius 2 is 2.14 bits per heavy atom. The third-order valence-electron chi connectivity index (χ3n) is 4.01. The molecule has 0 unspecified atom stereocenters. The van der Waals surface area contributed by atoms with E-state index in [4.69, 9.17) is 10.3 Å². The van der Waals surface area contributed by atoms with E-state index in [1.165, 1.54) is 11.1 Å². The van der Waals surface area contributed by atoms with Crippen molar-refractivity contribution < 1.29 is 9.32 Å². The molecule has 1 aliphatic heterocycles. The third kappa shape index (κ3) is 2.87. The molecule has 2 N–H and O–H groups in total. The van der Waals surface area contributed by atoms with Gasteiger partial charge in [0.1, 0.15) is 0 Å². The van der Waals surface area contributed by atoms with E-state index in [1.807, 2.05) is 36.9 Å². The van der Waals surface area contributed by atoms with E-state index in [-0.39, 0.29) is 17.9 Å². The molecule has 3 rings (SSSR count). The van der Waals surface area contributed by atoms with E-state index < -0.39 is 0 Å². The van der Waals surface area contributed by atoms with Gasteiger partial charge in [0.15, 0.2) is 5.82 Å². The molecule has 2 aromatic rings. The molecule has 1 aromatic heterocycles. The Kier molecular flexibility index (Phi) is 3.94. The Morgan fingerprint density at radius 1 is 1.41 bits per heavy atom. The number of nitrogens with two attached hydrogens (primary N) is 1. The van der Waals surface area contributed by atoms with Crippen LogP contribution in [0.5, 0.6) is 0 Å². The average Bonchev–Trinajstić information content (AvgIpc) is 2.95. The lowest BCUT2D eigenvalue weighted by atomic mass is 9.93. The maximum Gasteiger partial charge on any atom is 0.240 e. The van der Waals surface area contributed by atoms with Crippen LogP contribution in [0.1, 0.15) is 42.6 Å². The molecule has 1 atom stereocenters. The van der Waals surface area contributed by atoms with Crippen molar-refractivity contribution in [3.63, 3.8) is 0 Å². The van der Waals surface area contributed by atoms with Crippen LogP contribution in [0.3, 0.4) is 0 Å². The number of nitrogens with zero attached hydrogens (tertiary/aromatic N) is 3. The van der Waals surface area contributed by atoms with Crippen molar-refractivity contribution in [2.75, 3.05) is 0 Å². The largest absolute Gasteiger partial charge is 0.368 e. The second-order valence-corrected chi connectivity index (χ2v) is 6.00. The van der Waals surface area contributed by atoms with Crippen LogP contribution < -0.4 is 5.73 Å². The van der Waals surface area contributed by atoms with Crippen molar-refractivity contribution in [3.8, 4) is 0 Å². The molecule has 0 saturated carbocycles. The van der Waals surface area contributed by atoms with Crippen LogP contribution in [0.25, 0.3) is 0 Å². The molecule has 1 amide bonds. The highest BCUT2D eigenvalue weighted by Crippen LogP contribution is 2.24. The summed E-state index contributed by atoms with van der Waals surface area (Å²) >= 11 is 0. The SMILES string of the molecule is CC(C)c1noc(CN2Cc3ccccc3C[C@@H]2C(N)=O)n1. The van der Waals surface area contributed by atoms with Gasteiger partial charge in [0.2, 0.25) is 11.8 Å². The summed E-state index contributed by atoms with van der Waals surface area (Å²) in [5.41, 5.74) is 7.96. The van der Waals surface area contributed by atoms with E-state index in [0.29, 0.717) is 31.2 Å². The maximum atomic E-state index is 11.8. The van der Waals surface area contributed by atoms with E-state index in [1.54, 1.807) is 0 Å². The highest BCUT2D eigenvalue weighted by molar-refractivity contribution is 5.80. The Labute approximate surface area is 129 Å². The molecule has 0 aliphatic carbocycles. The first-order valence-electron chi connectivity index (χ1n) is 7.47. The number of primary amides is 1. The monoisotopic (exact) mass is 300 g/mol. The highest BCUT2D eigenvalue weighted by Gasteiger charge is 2.31. The normalized spacial score (nSPS) is 18.4. The minimum absolute atomic E-state index is 0.214. The van der Waals surface area contributed by atoms with E-state index >= 15 is 0 Å². The molecule has 6 nitrogen and oxygen atoms in total. The molecule has 0 bridgehead atoms. The topological polar surface area (TPSA) is 85.3 Å². The number of benzene rings is 1. The predicted octanol–water partition coefficient (Wildman–Crippen LogP) is 1.61. The van der Waals surface area contributed by atoms with Crippen molar-refractivity contribution >= 4 is 5.91 Å². The molecule has 116 valence electrons. The molecule has 22 heavy (non-hydrogen) atoms. The van der Waals surface area contributed by atoms with Gasteiger partial charge in [-0.15, -0.1) is 0 Å². The molecule has 0 spiro atoms. The molecule has 1 aliphatic rings. The average molecular weight is 300 g/mol. The number of fused-ring (bicyclic) bond motifs is 1. The number of carbonyl (C=O) groups excluding carboxylic acids is 1. The number of hydrogen-bond donors (Lipinski definition) is 1. The maximum absolute atomic E-state index is 11.8. The van der Waals surface area contributed by atoms with Crippen LogP contribution in [0.4, 0.5) is 0 Å². The van der Waals surface area contributed by atoms with Gasteiger partial charge in [-0.2, -0.15) is 4.98 Å². The number of aromatic nitrogens is 2. The Balaban J connectivity index is 1.82. The molecule has 0 saturated heterocycles. The van der Waals surface area contributed by atoms with Gasteiger partial charge < -0.3 is 10.3 Å². The fourth-order valence-corrected chi connectivity index (χ4v) is 2.76. The van der Waals surface area contributed by atoms with E-state index in [9.17, 15) is 4.79 Å². The molecule has 2 heterocycles. The van der Waals surface area contributed by atoms with Crippen LogP contribution in [0.15, 0.2) is 28.8 Å².